The maximum atomic E-state index is 12.9. The number of amides is 2. The summed E-state index contributed by atoms with van der Waals surface area (Å²) in [7, 11) is 1.29. The highest BCUT2D eigenvalue weighted by Gasteiger charge is 2.37. The van der Waals surface area contributed by atoms with Crippen molar-refractivity contribution in [3.63, 3.8) is 0 Å². The topological polar surface area (TPSA) is 84.9 Å². The van der Waals surface area contributed by atoms with Crippen LogP contribution in [0.3, 0.4) is 0 Å². The van der Waals surface area contributed by atoms with E-state index in [1.165, 1.54) is 12.0 Å². The van der Waals surface area contributed by atoms with Gasteiger partial charge in [-0.1, -0.05) is 60.2 Å². The Bertz CT molecular complexity index is 898. The van der Waals surface area contributed by atoms with Crippen LogP contribution in [0, 0.1) is 6.92 Å². The SMILES string of the molecule is COC(=O)[C@@H](Cc1ccc(C)cc1)NC(=O)[C@H]1CCCN1C(=O)OCc1ccccc1. The van der Waals surface area contributed by atoms with Crippen LogP contribution in [0.15, 0.2) is 54.6 Å². The number of benzene rings is 2. The van der Waals surface area contributed by atoms with E-state index in [1.807, 2.05) is 61.5 Å². The zero-order valence-corrected chi connectivity index (χ0v) is 17.9. The monoisotopic (exact) mass is 424 g/mol. The number of esters is 1. The number of carbonyl (C=O) groups is 3. The van der Waals surface area contributed by atoms with E-state index in [-0.39, 0.29) is 12.5 Å². The van der Waals surface area contributed by atoms with Crippen LogP contribution in [0.25, 0.3) is 0 Å². The number of aryl methyl sites for hydroxylation is 1. The maximum Gasteiger partial charge on any atom is 0.410 e. The average molecular weight is 424 g/mol. The van der Waals surface area contributed by atoms with E-state index in [0.29, 0.717) is 25.8 Å². The lowest BCUT2D eigenvalue weighted by Gasteiger charge is -2.25. The molecule has 7 nitrogen and oxygen atoms in total. The van der Waals surface area contributed by atoms with Gasteiger partial charge < -0.3 is 14.8 Å². The molecule has 1 heterocycles. The summed E-state index contributed by atoms with van der Waals surface area (Å²) in [6, 6.07) is 15.6. The molecule has 0 bridgehead atoms. The fourth-order valence-corrected chi connectivity index (χ4v) is 3.62. The summed E-state index contributed by atoms with van der Waals surface area (Å²) in [6.07, 6.45) is 0.989. The molecule has 0 unspecified atom stereocenters. The predicted molar refractivity (Wildman–Crippen MR) is 115 cm³/mol. The van der Waals surface area contributed by atoms with Crippen molar-refractivity contribution >= 4 is 18.0 Å². The van der Waals surface area contributed by atoms with Gasteiger partial charge in [-0.05, 0) is 30.9 Å². The highest BCUT2D eigenvalue weighted by molar-refractivity contribution is 5.90. The van der Waals surface area contributed by atoms with Gasteiger partial charge in [0.2, 0.25) is 5.91 Å². The normalized spacial score (nSPS) is 16.5. The summed E-state index contributed by atoms with van der Waals surface area (Å²) < 4.78 is 10.3. The zero-order valence-electron chi connectivity index (χ0n) is 17.9. The molecule has 1 N–H and O–H groups in total. The first-order valence-electron chi connectivity index (χ1n) is 10.4. The second-order valence-electron chi connectivity index (χ2n) is 7.67. The van der Waals surface area contributed by atoms with Crippen molar-refractivity contribution in [2.45, 2.75) is 44.9 Å². The molecule has 0 saturated carbocycles. The van der Waals surface area contributed by atoms with E-state index < -0.39 is 24.1 Å². The highest BCUT2D eigenvalue weighted by atomic mass is 16.6. The van der Waals surface area contributed by atoms with E-state index in [9.17, 15) is 14.4 Å². The fraction of sp³-hybridized carbons (Fsp3) is 0.375. The molecule has 1 fully saturated rings. The molecule has 0 radical (unpaired) electrons. The standard InChI is InChI=1S/C24H28N2O5/c1-17-10-12-18(13-11-17)15-20(23(28)30-2)25-22(27)21-9-6-14-26(21)24(29)31-16-19-7-4-3-5-8-19/h3-5,7-8,10-13,20-21H,6,9,14-16H2,1-2H3,(H,25,27)/t20-,21-/m1/s1. The van der Waals surface area contributed by atoms with Crippen LogP contribution in [0.2, 0.25) is 0 Å². The summed E-state index contributed by atoms with van der Waals surface area (Å²) in [5.74, 6) is -0.901. The highest BCUT2D eigenvalue weighted by Crippen LogP contribution is 2.20. The Balaban J connectivity index is 1.62. The van der Waals surface area contributed by atoms with Crippen molar-refractivity contribution in [3.8, 4) is 0 Å². The third-order valence-corrected chi connectivity index (χ3v) is 5.36. The minimum Gasteiger partial charge on any atom is -0.467 e. The number of hydrogen-bond donors (Lipinski definition) is 1. The first kappa shape index (κ1) is 22.3. The third kappa shape index (κ3) is 6.07. The van der Waals surface area contributed by atoms with E-state index in [1.54, 1.807) is 0 Å². The van der Waals surface area contributed by atoms with Crippen LogP contribution in [0.5, 0.6) is 0 Å². The van der Waals surface area contributed by atoms with Gasteiger partial charge in [-0.2, -0.15) is 0 Å². The van der Waals surface area contributed by atoms with Gasteiger partial charge >= 0.3 is 12.1 Å². The number of ether oxygens (including phenoxy) is 2. The Morgan fingerprint density at radius 3 is 2.45 bits per heavy atom. The van der Waals surface area contributed by atoms with Gasteiger partial charge in [0.25, 0.3) is 0 Å². The van der Waals surface area contributed by atoms with Gasteiger partial charge in [0, 0.05) is 13.0 Å². The summed E-state index contributed by atoms with van der Waals surface area (Å²) >= 11 is 0. The van der Waals surface area contributed by atoms with Gasteiger partial charge in [0.15, 0.2) is 0 Å². The molecule has 0 spiro atoms. The number of rotatable bonds is 7. The Hall–Kier alpha value is -3.35. The summed E-state index contributed by atoms with van der Waals surface area (Å²) in [6.45, 7) is 2.56. The molecule has 3 rings (SSSR count). The molecular formula is C24H28N2O5. The minimum absolute atomic E-state index is 0.142. The van der Waals surface area contributed by atoms with Crippen molar-refractivity contribution in [3.05, 3.63) is 71.3 Å². The summed E-state index contributed by atoms with van der Waals surface area (Å²) in [5, 5.41) is 2.77. The second kappa shape index (κ2) is 10.6. The molecule has 31 heavy (non-hydrogen) atoms. The maximum absolute atomic E-state index is 12.9. The Labute approximate surface area is 182 Å². The first-order valence-corrected chi connectivity index (χ1v) is 10.4. The molecule has 1 aliphatic rings. The Kier molecular flexibility index (Phi) is 7.65. The van der Waals surface area contributed by atoms with E-state index >= 15 is 0 Å². The van der Waals surface area contributed by atoms with E-state index in [2.05, 4.69) is 5.32 Å². The number of nitrogens with one attached hydrogen (secondary N) is 1. The smallest absolute Gasteiger partial charge is 0.410 e. The van der Waals surface area contributed by atoms with Gasteiger partial charge in [0.05, 0.1) is 7.11 Å². The van der Waals surface area contributed by atoms with E-state index in [0.717, 1.165) is 16.7 Å². The number of nitrogens with zero attached hydrogens (tertiary/aromatic N) is 1. The van der Waals surface area contributed by atoms with Crippen molar-refractivity contribution < 1.29 is 23.9 Å². The lowest BCUT2D eigenvalue weighted by Crippen LogP contribution is -2.51. The van der Waals surface area contributed by atoms with Crippen LogP contribution in [-0.2, 0) is 32.1 Å². The molecule has 164 valence electrons. The lowest BCUT2D eigenvalue weighted by atomic mass is 10.0. The molecule has 2 atom stereocenters. The van der Waals surface area contributed by atoms with Crippen molar-refractivity contribution in [2.75, 3.05) is 13.7 Å². The summed E-state index contributed by atoms with van der Waals surface area (Å²) in [5.41, 5.74) is 2.89. The second-order valence-corrected chi connectivity index (χ2v) is 7.67. The molecule has 1 saturated heterocycles. The number of methoxy groups -OCH3 is 1. The van der Waals surface area contributed by atoms with Crippen molar-refractivity contribution in [1.29, 1.82) is 0 Å². The number of carbonyl (C=O) groups excluding carboxylic acids is 3. The summed E-state index contributed by atoms with van der Waals surface area (Å²) in [4.78, 5) is 39.2. The molecular weight excluding hydrogens is 396 g/mol. The predicted octanol–water partition coefficient (Wildman–Crippen LogP) is 3.00. The van der Waals surface area contributed by atoms with Gasteiger partial charge in [-0.3, -0.25) is 9.69 Å². The first-order chi connectivity index (χ1) is 15.0. The van der Waals surface area contributed by atoms with Crippen molar-refractivity contribution in [2.24, 2.45) is 0 Å². The molecule has 0 aromatic heterocycles. The molecule has 2 aromatic rings. The van der Waals surface area contributed by atoms with Crippen LogP contribution >= 0.6 is 0 Å². The average Bonchev–Trinajstić information content (AvgIpc) is 3.29. The van der Waals surface area contributed by atoms with Crippen LogP contribution < -0.4 is 5.32 Å². The lowest BCUT2D eigenvalue weighted by molar-refractivity contribution is -0.145. The minimum atomic E-state index is -0.831. The number of likely N-dealkylation sites (tertiary alicyclic amines) is 1. The van der Waals surface area contributed by atoms with Gasteiger partial charge in [-0.15, -0.1) is 0 Å². The molecule has 0 aliphatic carbocycles. The van der Waals surface area contributed by atoms with Crippen LogP contribution in [0.1, 0.15) is 29.5 Å². The van der Waals surface area contributed by atoms with E-state index in [4.69, 9.17) is 9.47 Å². The quantitative estimate of drug-likeness (QED) is 0.691. The largest absolute Gasteiger partial charge is 0.467 e. The van der Waals surface area contributed by atoms with Gasteiger partial charge in [-0.25, -0.2) is 9.59 Å². The Morgan fingerprint density at radius 1 is 1.06 bits per heavy atom. The number of hydrogen-bond acceptors (Lipinski definition) is 5. The zero-order chi connectivity index (χ0) is 22.2. The molecule has 2 aromatic carbocycles. The fourth-order valence-electron chi connectivity index (χ4n) is 3.62. The van der Waals surface area contributed by atoms with Crippen LogP contribution in [0.4, 0.5) is 4.79 Å². The third-order valence-electron chi connectivity index (χ3n) is 5.36. The molecule has 1 aliphatic heterocycles. The van der Waals surface area contributed by atoms with Gasteiger partial charge in [0.1, 0.15) is 18.7 Å². The molecule has 2 amide bonds. The Morgan fingerprint density at radius 2 is 1.77 bits per heavy atom. The molecule has 7 heteroatoms. The van der Waals surface area contributed by atoms with Crippen LogP contribution in [-0.4, -0.2) is 48.6 Å². The van der Waals surface area contributed by atoms with Crippen molar-refractivity contribution in [1.82, 2.24) is 10.2 Å².